The van der Waals surface area contributed by atoms with Gasteiger partial charge in [0.25, 0.3) is 0 Å². The lowest BCUT2D eigenvalue weighted by atomic mass is 9.74. The number of amides is 2. The molecule has 2 saturated heterocycles. The number of aliphatic hydroxyl groups excluding tert-OH is 1. The highest BCUT2D eigenvalue weighted by atomic mass is 32.2. The van der Waals surface area contributed by atoms with E-state index in [4.69, 9.17) is 4.74 Å². The maximum Gasteiger partial charge on any atom is 0.311 e. The molecule has 5 rings (SSSR count). The summed E-state index contributed by atoms with van der Waals surface area (Å²) in [5.41, 5.74) is 0.971. The molecular formula is C28H34N2O5S. The fourth-order valence-corrected chi connectivity index (χ4v) is 8.58. The molecule has 2 fully saturated rings. The van der Waals surface area contributed by atoms with Crippen molar-refractivity contribution in [3.05, 3.63) is 60.2 Å². The SMILES string of the molecule is CC(C)N1CC=C[C@]23S[C@]4(C)C=CCCOC(=O)[C@@H]4[C@H]2C(=O)N([C@@H](CO)Cc2ccccc2)C3C1=O. The van der Waals surface area contributed by atoms with Gasteiger partial charge < -0.3 is 19.6 Å². The minimum atomic E-state index is -0.935. The highest BCUT2D eigenvalue weighted by molar-refractivity contribution is 8.02. The number of fused-ring (bicyclic) bond motifs is 2. The van der Waals surface area contributed by atoms with Crippen molar-refractivity contribution < 1.29 is 24.2 Å². The van der Waals surface area contributed by atoms with Gasteiger partial charge in [-0.05, 0) is 39.2 Å². The molecule has 0 saturated carbocycles. The molecule has 7 nitrogen and oxygen atoms in total. The number of esters is 1. The van der Waals surface area contributed by atoms with Crippen molar-refractivity contribution in [3.63, 3.8) is 0 Å². The summed E-state index contributed by atoms with van der Waals surface area (Å²) < 4.78 is 3.96. The summed E-state index contributed by atoms with van der Waals surface area (Å²) in [5.74, 6) is -2.27. The van der Waals surface area contributed by atoms with Crippen molar-refractivity contribution >= 4 is 29.5 Å². The zero-order valence-electron chi connectivity index (χ0n) is 21.0. The number of hydrogen-bond donors (Lipinski definition) is 1. The van der Waals surface area contributed by atoms with Crippen LogP contribution in [0.1, 0.15) is 32.8 Å². The smallest absolute Gasteiger partial charge is 0.311 e. The lowest BCUT2D eigenvalue weighted by Gasteiger charge is -2.40. The minimum Gasteiger partial charge on any atom is -0.465 e. The van der Waals surface area contributed by atoms with E-state index in [-0.39, 0.29) is 37.0 Å². The molecule has 36 heavy (non-hydrogen) atoms. The Labute approximate surface area is 216 Å². The van der Waals surface area contributed by atoms with Crippen LogP contribution in [0, 0.1) is 11.8 Å². The topological polar surface area (TPSA) is 87.2 Å². The van der Waals surface area contributed by atoms with Gasteiger partial charge in [-0.1, -0.05) is 54.6 Å². The maximum absolute atomic E-state index is 14.4. The molecule has 1 aromatic rings. The lowest BCUT2D eigenvalue weighted by Crippen LogP contribution is -2.58. The maximum atomic E-state index is 14.4. The molecule has 8 heteroatoms. The molecule has 0 aliphatic carbocycles. The van der Waals surface area contributed by atoms with Crippen LogP contribution in [0.3, 0.4) is 0 Å². The molecule has 2 amide bonds. The normalized spacial score (nSPS) is 34.6. The van der Waals surface area contributed by atoms with Crippen LogP contribution in [0.5, 0.6) is 0 Å². The first-order chi connectivity index (χ1) is 17.2. The van der Waals surface area contributed by atoms with Gasteiger partial charge >= 0.3 is 5.97 Å². The van der Waals surface area contributed by atoms with Crippen LogP contribution in [-0.4, -0.2) is 80.1 Å². The highest BCUT2D eigenvalue weighted by Gasteiger charge is 2.74. The van der Waals surface area contributed by atoms with Crippen LogP contribution >= 0.6 is 11.8 Å². The summed E-state index contributed by atoms with van der Waals surface area (Å²) in [6.07, 6.45) is 9.04. The number of rotatable bonds is 5. The van der Waals surface area contributed by atoms with Crippen LogP contribution < -0.4 is 0 Å². The third-order valence-electron chi connectivity index (χ3n) is 8.03. The van der Waals surface area contributed by atoms with E-state index in [1.807, 2.05) is 75.4 Å². The molecule has 4 aliphatic rings. The molecular weight excluding hydrogens is 476 g/mol. The quantitative estimate of drug-likeness (QED) is 0.484. The molecule has 192 valence electrons. The Morgan fingerprint density at radius 1 is 1.08 bits per heavy atom. The second-order valence-electron chi connectivity index (χ2n) is 10.6. The molecule has 4 aliphatic heterocycles. The second kappa shape index (κ2) is 9.38. The lowest BCUT2D eigenvalue weighted by molar-refractivity contribution is -0.154. The van der Waals surface area contributed by atoms with E-state index in [1.54, 1.807) is 9.80 Å². The first-order valence-corrected chi connectivity index (χ1v) is 13.5. The number of carbonyl (C=O) groups is 3. The number of likely N-dealkylation sites (tertiary alicyclic amines) is 1. The van der Waals surface area contributed by atoms with E-state index in [0.29, 0.717) is 19.4 Å². The minimum absolute atomic E-state index is 0.0597. The number of benzene rings is 1. The van der Waals surface area contributed by atoms with Crippen molar-refractivity contribution in [3.8, 4) is 0 Å². The van der Waals surface area contributed by atoms with Crippen molar-refractivity contribution in [2.75, 3.05) is 19.8 Å². The summed E-state index contributed by atoms with van der Waals surface area (Å²) in [7, 11) is 0. The van der Waals surface area contributed by atoms with Crippen LogP contribution in [-0.2, 0) is 25.5 Å². The number of cyclic esters (lactones) is 1. The second-order valence-corrected chi connectivity index (χ2v) is 12.4. The zero-order valence-corrected chi connectivity index (χ0v) is 21.8. The number of carbonyl (C=O) groups excluding carboxylic acids is 3. The standard InChI is InChI=1S/C28H34N2O5S/c1-18(2)29-14-9-13-28-21(22-26(34)35-15-8-7-12-27(22,3)36-28)24(32)30(23(28)25(29)33)20(17-31)16-19-10-5-4-6-11-19/h4-7,9-13,18,20-23,31H,8,14-17H2,1-3H3/t20-,21+,22+,23?,27-,28+/m1/s1. The molecule has 0 radical (unpaired) electrons. The van der Waals surface area contributed by atoms with Gasteiger partial charge in [-0.2, -0.15) is 0 Å². The largest absolute Gasteiger partial charge is 0.465 e. The molecule has 0 aromatic heterocycles. The van der Waals surface area contributed by atoms with Gasteiger partial charge in [0.05, 0.1) is 35.8 Å². The van der Waals surface area contributed by atoms with Crippen LogP contribution in [0.2, 0.25) is 0 Å². The first kappa shape index (κ1) is 25.1. The Morgan fingerprint density at radius 2 is 1.83 bits per heavy atom. The fourth-order valence-electron chi connectivity index (χ4n) is 6.44. The molecule has 4 heterocycles. The monoisotopic (exact) mass is 510 g/mol. The van der Waals surface area contributed by atoms with Gasteiger partial charge in [-0.15, -0.1) is 11.8 Å². The van der Waals surface area contributed by atoms with Gasteiger partial charge in [0.2, 0.25) is 11.8 Å². The van der Waals surface area contributed by atoms with E-state index < -0.39 is 33.4 Å². The first-order valence-electron chi connectivity index (χ1n) is 12.7. The van der Waals surface area contributed by atoms with Gasteiger partial charge in [-0.3, -0.25) is 14.4 Å². The van der Waals surface area contributed by atoms with Gasteiger partial charge in [-0.25, -0.2) is 0 Å². The Morgan fingerprint density at radius 3 is 2.53 bits per heavy atom. The summed E-state index contributed by atoms with van der Waals surface area (Å²) in [6, 6.07) is 8.19. The van der Waals surface area contributed by atoms with Crippen LogP contribution in [0.25, 0.3) is 0 Å². The Hall–Kier alpha value is -2.58. The van der Waals surface area contributed by atoms with E-state index in [2.05, 4.69) is 0 Å². The van der Waals surface area contributed by atoms with Crippen molar-refractivity contribution in [2.24, 2.45) is 11.8 Å². The number of nitrogens with zero attached hydrogens (tertiary/aromatic N) is 2. The molecule has 6 atom stereocenters. The van der Waals surface area contributed by atoms with E-state index in [9.17, 15) is 19.5 Å². The van der Waals surface area contributed by atoms with E-state index in [1.165, 1.54) is 11.8 Å². The molecule has 0 bridgehead atoms. The molecule has 1 spiro atoms. The number of hydrogen-bond acceptors (Lipinski definition) is 6. The summed E-state index contributed by atoms with van der Waals surface area (Å²) in [4.78, 5) is 45.4. The van der Waals surface area contributed by atoms with Crippen LogP contribution in [0.15, 0.2) is 54.6 Å². The predicted octanol–water partition coefficient (Wildman–Crippen LogP) is 2.59. The van der Waals surface area contributed by atoms with E-state index in [0.717, 1.165) is 5.56 Å². The predicted molar refractivity (Wildman–Crippen MR) is 138 cm³/mol. The Bertz CT molecular complexity index is 1100. The summed E-state index contributed by atoms with van der Waals surface area (Å²) >= 11 is 1.53. The van der Waals surface area contributed by atoms with Crippen LogP contribution in [0.4, 0.5) is 0 Å². The highest BCUT2D eigenvalue weighted by Crippen LogP contribution is 2.65. The van der Waals surface area contributed by atoms with Gasteiger partial charge in [0.1, 0.15) is 6.04 Å². The zero-order chi connectivity index (χ0) is 25.7. The number of aliphatic hydroxyl groups is 1. The third kappa shape index (κ3) is 3.80. The van der Waals surface area contributed by atoms with E-state index >= 15 is 0 Å². The fraction of sp³-hybridized carbons (Fsp3) is 0.536. The van der Waals surface area contributed by atoms with Crippen molar-refractivity contribution in [1.82, 2.24) is 9.80 Å². The molecule has 1 aromatic carbocycles. The average Bonchev–Trinajstić information content (AvgIpc) is 3.16. The Kier molecular flexibility index (Phi) is 6.53. The Balaban J connectivity index is 1.66. The van der Waals surface area contributed by atoms with Crippen molar-refractivity contribution in [2.45, 2.75) is 61.2 Å². The van der Waals surface area contributed by atoms with Gasteiger partial charge in [0, 0.05) is 17.3 Å². The number of ether oxygens (including phenoxy) is 1. The van der Waals surface area contributed by atoms with Gasteiger partial charge in [0.15, 0.2) is 0 Å². The summed E-state index contributed by atoms with van der Waals surface area (Å²) in [6.45, 7) is 6.34. The molecule has 1 N–H and O–H groups in total. The third-order valence-corrected chi connectivity index (χ3v) is 9.83. The van der Waals surface area contributed by atoms with Crippen molar-refractivity contribution in [1.29, 1.82) is 0 Å². The summed E-state index contributed by atoms with van der Waals surface area (Å²) in [5, 5.41) is 10.5. The molecule has 1 unspecified atom stereocenters. The number of thioether (sulfide) groups is 1. The average molecular weight is 511 g/mol.